The Labute approximate surface area is 151 Å². The van der Waals surface area contributed by atoms with Crippen molar-refractivity contribution in [3.8, 4) is 17.0 Å². The summed E-state index contributed by atoms with van der Waals surface area (Å²) >= 11 is 0. The maximum atomic E-state index is 11.4. The van der Waals surface area contributed by atoms with E-state index in [1.165, 1.54) is 4.90 Å². The van der Waals surface area contributed by atoms with Gasteiger partial charge in [0.05, 0.1) is 12.2 Å². The lowest BCUT2D eigenvalue weighted by Crippen LogP contribution is -2.35. The maximum Gasteiger partial charge on any atom is 0.407 e. The molecule has 1 aromatic heterocycles. The summed E-state index contributed by atoms with van der Waals surface area (Å²) in [5.74, 6) is 0.724. The lowest BCUT2D eigenvalue weighted by atomic mass is 9.95. The first kappa shape index (κ1) is 16.2. The van der Waals surface area contributed by atoms with Crippen molar-refractivity contribution < 1.29 is 14.6 Å². The summed E-state index contributed by atoms with van der Waals surface area (Å²) in [5, 5.41) is 16.3. The third kappa shape index (κ3) is 3.26. The monoisotopic (exact) mass is 349 g/mol. The second-order valence-corrected chi connectivity index (χ2v) is 6.31. The van der Waals surface area contributed by atoms with Crippen molar-refractivity contribution in [1.29, 1.82) is 0 Å². The van der Waals surface area contributed by atoms with Crippen molar-refractivity contribution in [3.05, 3.63) is 71.4 Å². The van der Waals surface area contributed by atoms with Gasteiger partial charge in [0, 0.05) is 23.9 Å². The molecule has 0 aliphatic carbocycles. The maximum absolute atomic E-state index is 11.4. The Morgan fingerprint density at radius 3 is 2.81 bits per heavy atom. The van der Waals surface area contributed by atoms with Crippen LogP contribution in [-0.2, 0) is 19.6 Å². The molecule has 6 heteroatoms. The second-order valence-electron chi connectivity index (χ2n) is 6.31. The van der Waals surface area contributed by atoms with E-state index in [-0.39, 0.29) is 0 Å². The van der Waals surface area contributed by atoms with Gasteiger partial charge in [0.1, 0.15) is 12.4 Å². The summed E-state index contributed by atoms with van der Waals surface area (Å²) in [6.45, 7) is 1.28. The molecule has 0 fully saturated rings. The summed E-state index contributed by atoms with van der Waals surface area (Å²) in [5.41, 5.74) is 5.04. The average molecular weight is 349 g/mol. The number of ether oxygens (including phenoxy) is 1. The molecule has 2 aromatic carbocycles. The summed E-state index contributed by atoms with van der Waals surface area (Å²) in [4.78, 5) is 12.8. The van der Waals surface area contributed by atoms with E-state index in [4.69, 9.17) is 4.74 Å². The molecule has 0 saturated carbocycles. The largest absolute Gasteiger partial charge is 0.489 e. The molecule has 0 unspecified atom stereocenters. The van der Waals surface area contributed by atoms with Crippen molar-refractivity contribution in [2.45, 2.75) is 19.6 Å². The van der Waals surface area contributed by atoms with Crippen LogP contribution in [0.5, 0.6) is 5.75 Å². The van der Waals surface area contributed by atoms with Gasteiger partial charge in [-0.25, -0.2) is 4.79 Å². The average Bonchev–Trinajstić information content (AvgIpc) is 3.21. The molecule has 1 aliphatic heterocycles. The fourth-order valence-corrected chi connectivity index (χ4v) is 3.23. The number of fused-ring (bicyclic) bond motifs is 1. The van der Waals surface area contributed by atoms with Gasteiger partial charge in [-0.3, -0.25) is 5.10 Å². The van der Waals surface area contributed by atoms with E-state index in [2.05, 4.69) is 16.3 Å². The molecule has 3 aromatic rings. The Balaban J connectivity index is 1.69. The number of rotatable bonds is 4. The van der Waals surface area contributed by atoms with Crippen molar-refractivity contribution in [2.24, 2.45) is 0 Å². The van der Waals surface area contributed by atoms with E-state index >= 15 is 0 Å². The smallest absolute Gasteiger partial charge is 0.407 e. The molecule has 0 radical (unpaired) electrons. The zero-order valence-electron chi connectivity index (χ0n) is 14.2. The van der Waals surface area contributed by atoms with Gasteiger partial charge in [-0.2, -0.15) is 5.10 Å². The van der Waals surface area contributed by atoms with Crippen molar-refractivity contribution in [1.82, 2.24) is 15.1 Å². The Hall–Kier alpha value is -3.28. The molecule has 0 bridgehead atoms. The molecule has 1 aliphatic rings. The number of hydrogen-bond donors (Lipinski definition) is 2. The number of amides is 1. The zero-order valence-corrected chi connectivity index (χ0v) is 14.2. The topological polar surface area (TPSA) is 78.5 Å². The van der Waals surface area contributed by atoms with Crippen molar-refractivity contribution in [2.75, 3.05) is 6.54 Å². The minimum absolute atomic E-state index is 0.345. The van der Waals surface area contributed by atoms with Crippen LogP contribution in [0, 0.1) is 0 Å². The van der Waals surface area contributed by atoms with Crippen LogP contribution >= 0.6 is 0 Å². The van der Waals surface area contributed by atoms with Gasteiger partial charge in [-0.1, -0.05) is 30.3 Å². The number of carbonyl (C=O) groups is 1. The Morgan fingerprint density at radius 2 is 2.08 bits per heavy atom. The van der Waals surface area contributed by atoms with E-state index in [0.29, 0.717) is 26.1 Å². The highest BCUT2D eigenvalue weighted by molar-refractivity contribution is 5.68. The van der Waals surface area contributed by atoms with E-state index in [1.54, 1.807) is 6.20 Å². The molecule has 6 nitrogen and oxygen atoms in total. The Morgan fingerprint density at radius 1 is 1.23 bits per heavy atom. The quantitative estimate of drug-likeness (QED) is 0.753. The van der Waals surface area contributed by atoms with Crippen LogP contribution in [0.1, 0.15) is 16.7 Å². The van der Waals surface area contributed by atoms with Crippen molar-refractivity contribution >= 4 is 6.09 Å². The second kappa shape index (κ2) is 6.92. The standard InChI is InChI=1S/C20H19N3O3/c24-20(25)23-9-7-15-10-16(18-6-8-21-22-18)11-19(17(15)12-23)26-13-14-4-2-1-3-5-14/h1-6,8,10-11H,7,9,12-13H2,(H,21,22)(H,24,25). The van der Waals surface area contributed by atoms with Crippen LogP contribution < -0.4 is 4.74 Å². The fourth-order valence-electron chi connectivity index (χ4n) is 3.23. The van der Waals surface area contributed by atoms with E-state index in [1.807, 2.05) is 42.5 Å². The number of hydrogen-bond acceptors (Lipinski definition) is 3. The number of carboxylic acid groups (broad SMARTS) is 1. The first-order valence-electron chi connectivity index (χ1n) is 8.51. The van der Waals surface area contributed by atoms with Crippen LogP contribution in [0.15, 0.2) is 54.7 Å². The van der Waals surface area contributed by atoms with Gasteiger partial charge in [0.15, 0.2) is 0 Å². The molecular weight excluding hydrogens is 330 g/mol. The lowest BCUT2D eigenvalue weighted by Gasteiger charge is -2.28. The zero-order chi connectivity index (χ0) is 17.9. The molecule has 26 heavy (non-hydrogen) atoms. The molecule has 0 saturated heterocycles. The molecular formula is C20H19N3O3. The number of nitrogens with zero attached hydrogens (tertiary/aromatic N) is 2. The van der Waals surface area contributed by atoms with Gasteiger partial charge >= 0.3 is 6.09 Å². The van der Waals surface area contributed by atoms with Gasteiger partial charge in [0.25, 0.3) is 0 Å². The first-order chi connectivity index (χ1) is 12.7. The SMILES string of the molecule is O=C(O)N1CCc2cc(-c3ccn[nH]3)cc(OCc3ccccc3)c2C1. The van der Waals surface area contributed by atoms with Crippen molar-refractivity contribution in [3.63, 3.8) is 0 Å². The predicted octanol–water partition coefficient (Wildman–Crippen LogP) is 3.69. The van der Waals surface area contributed by atoms with Crippen LogP contribution in [0.2, 0.25) is 0 Å². The van der Waals surface area contributed by atoms with Crippen LogP contribution in [-0.4, -0.2) is 32.8 Å². The molecule has 4 rings (SSSR count). The molecule has 2 N–H and O–H groups in total. The molecule has 0 atom stereocenters. The van der Waals surface area contributed by atoms with Crippen LogP contribution in [0.3, 0.4) is 0 Å². The predicted molar refractivity (Wildman–Crippen MR) is 96.9 cm³/mol. The summed E-state index contributed by atoms with van der Waals surface area (Å²) in [6, 6.07) is 15.9. The molecule has 132 valence electrons. The van der Waals surface area contributed by atoms with E-state index < -0.39 is 6.09 Å². The van der Waals surface area contributed by atoms with E-state index in [0.717, 1.165) is 33.7 Å². The number of aromatic amines is 1. The van der Waals surface area contributed by atoms with Crippen LogP contribution in [0.4, 0.5) is 4.79 Å². The molecule has 2 heterocycles. The normalized spacial score (nSPS) is 13.3. The number of H-pyrrole nitrogens is 1. The fraction of sp³-hybridized carbons (Fsp3) is 0.200. The number of nitrogens with one attached hydrogen (secondary N) is 1. The third-order valence-electron chi connectivity index (χ3n) is 4.62. The minimum Gasteiger partial charge on any atom is -0.489 e. The summed E-state index contributed by atoms with van der Waals surface area (Å²) in [6.07, 6.45) is 1.49. The summed E-state index contributed by atoms with van der Waals surface area (Å²) in [7, 11) is 0. The highest BCUT2D eigenvalue weighted by Gasteiger charge is 2.24. The molecule has 0 spiro atoms. The minimum atomic E-state index is -0.901. The summed E-state index contributed by atoms with van der Waals surface area (Å²) < 4.78 is 6.10. The Kier molecular flexibility index (Phi) is 4.31. The van der Waals surface area contributed by atoms with Crippen LogP contribution in [0.25, 0.3) is 11.3 Å². The third-order valence-corrected chi connectivity index (χ3v) is 4.62. The number of aromatic nitrogens is 2. The highest BCUT2D eigenvalue weighted by Crippen LogP contribution is 2.34. The lowest BCUT2D eigenvalue weighted by molar-refractivity contribution is 0.139. The highest BCUT2D eigenvalue weighted by atomic mass is 16.5. The van der Waals surface area contributed by atoms with Gasteiger partial charge < -0.3 is 14.7 Å². The van der Waals surface area contributed by atoms with E-state index in [9.17, 15) is 9.90 Å². The van der Waals surface area contributed by atoms with Gasteiger partial charge in [0.2, 0.25) is 0 Å². The van der Waals surface area contributed by atoms with Gasteiger partial charge in [-0.05, 0) is 35.7 Å². The number of benzene rings is 2. The Bertz CT molecular complexity index is 908. The molecule has 1 amide bonds. The first-order valence-corrected chi connectivity index (χ1v) is 8.51. The van der Waals surface area contributed by atoms with Gasteiger partial charge in [-0.15, -0.1) is 0 Å².